The lowest BCUT2D eigenvalue weighted by Gasteiger charge is -2.27. The van der Waals surface area contributed by atoms with Crippen LogP contribution >= 0.6 is 0 Å². The Kier molecular flexibility index (Phi) is 10.3. The van der Waals surface area contributed by atoms with Crippen molar-refractivity contribution < 1.29 is 28.6 Å². The molecule has 216 valence electrons. The van der Waals surface area contributed by atoms with Gasteiger partial charge in [0, 0.05) is 18.7 Å². The molecule has 4 rings (SSSR count). The molecule has 41 heavy (non-hydrogen) atoms. The van der Waals surface area contributed by atoms with E-state index in [1.54, 1.807) is 31.1 Å². The van der Waals surface area contributed by atoms with E-state index in [4.69, 9.17) is 19.9 Å². The van der Waals surface area contributed by atoms with Crippen LogP contribution in [-0.2, 0) is 32.1 Å². The van der Waals surface area contributed by atoms with Crippen LogP contribution in [0, 0.1) is 0 Å². The summed E-state index contributed by atoms with van der Waals surface area (Å²) < 4.78 is 16.3. The lowest BCUT2D eigenvalue weighted by atomic mass is 10.0. The van der Waals surface area contributed by atoms with Crippen molar-refractivity contribution in [3.8, 4) is 11.5 Å². The summed E-state index contributed by atoms with van der Waals surface area (Å²) in [5.74, 6) is 0.337. The van der Waals surface area contributed by atoms with Crippen molar-refractivity contribution in [3.05, 3.63) is 95.6 Å². The SMILES string of the molecule is CCOC(=O)C(Oc1ccc(CNC(=O)[C@@H]2CCCN2C(=O)[C@@H](N)Cc2ccc(OC)cc2)cc1)c1ccccc1. The first kappa shape index (κ1) is 29.6. The summed E-state index contributed by atoms with van der Waals surface area (Å²) in [6.45, 7) is 2.79. The summed E-state index contributed by atoms with van der Waals surface area (Å²) >= 11 is 0. The number of methoxy groups -OCH3 is 1. The van der Waals surface area contributed by atoms with Gasteiger partial charge in [0.05, 0.1) is 19.8 Å². The van der Waals surface area contributed by atoms with Crippen molar-refractivity contribution in [2.75, 3.05) is 20.3 Å². The average molecular weight is 560 g/mol. The van der Waals surface area contributed by atoms with Gasteiger partial charge in [-0.3, -0.25) is 9.59 Å². The van der Waals surface area contributed by atoms with Crippen LogP contribution < -0.4 is 20.5 Å². The van der Waals surface area contributed by atoms with E-state index in [9.17, 15) is 14.4 Å². The van der Waals surface area contributed by atoms with E-state index in [1.807, 2.05) is 66.7 Å². The van der Waals surface area contributed by atoms with Crippen molar-refractivity contribution in [2.24, 2.45) is 5.73 Å². The van der Waals surface area contributed by atoms with Crippen molar-refractivity contribution >= 4 is 17.8 Å². The number of benzene rings is 3. The maximum absolute atomic E-state index is 13.1. The molecular weight excluding hydrogens is 522 g/mol. The molecule has 1 saturated heterocycles. The number of amides is 2. The number of nitrogens with one attached hydrogen (secondary N) is 1. The van der Waals surface area contributed by atoms with Gasteiger partial charge in [-0.15, -0.1) is 0 Å². The standard InChI is InChI=1S/C32H37N3O6/c1-3-40-32(38)29(24-8-5-4-6-9-24)41-26-17-13-23(14-18-26)21-34-30(36)28-10-7-19-35(28)31(37)27(33)20-22-11-15-25(39-2)16-12-22/h4-6,8-9,11-18,27-29H,3,7,10,19-21,33H2,1-2H3,(H,34,36)/t27-,28-,29?/m0/s1. The molecule has 0 spiro atoms. The van der Waals surface area contributed by atoms with E-state index in [2.05, 4.69) is 5.32 Å². The second kappa shape index (κ2) is 14.3. The van der Waals surface area contributed by atoms with Gasteiger partial charge in [0.15, 0.2) is 0 Å². The fraction of sp³-hybridized carbons (Fsp3) is 0.344. The second-order valence-electron chi connectivity index (χ2n) is 9.87. The van der Waals surface area contributed by atoms with Gasteiger partial charge in [-0.1, -0.05) is 54.6 Å². The van der Waals surface area contributed by atoms with Crippen LogP contribution in [0.5, 0.6) is 11.5 Å². The molecule has 1 heterocycles. The highest BCUT2D eigenvalue weighted by molar-refractivity contribution is 5.90. The van der Waals surface area contributed by atoms with Gasteiger partial charge in [-0.05, 0) is 61.6 Å². The van der Waals surface area contributed by atoms with Crippen molar-refractivity contribution in [1.82, 2.24) is 10.2 Å². The Morgan fingerprint density at radius 1 is 0.951 bits per heavy atom. The molecule has 9 heteroatoms. The zero-order chi connectivity index (χ0) is 29.2. The van der Waals surface area contributed by atoms with Crippen LogP contribution in [0.15, 0.2) is 78.9 Å². The third-order valence-corrected chi connectivity index (χ3v) is 7.02. The maximum Gasteiger partial charge on any atom is 0.352 e. The number of carbonyl (C=O) groups excluding carboxylic acids is 3. The minimum atomic E-state index is -0.885. The lowest BCUT2D eigenvalue weighted by molar-refractivity contribution is -0.151. The average Bonchev–Trinajstić information content (AvgIpc) is 3.50. The molecule has 1 aliphatic rings. The molecule has 0 aliphatic carbocycles. The predicted molar refractivity (Wildman–Crippen MR) is 154 cm³/mol. The van der Waals surface area contributed by atoms with Crippen molar-refractivity contribution in [2.45, 2.75) is 50.9 Å². The van der Waals surface area contributed by atoms with Crippen LogP contribution in [0.2, 0.25) is 0 Å². The van der Waals surface area contributed by atoms with E-state index in [1.165, 1.54) is 0 Å². The highest BCUT2D eigenvalue weighted by Gasteiger charge is 2.36. The molecule has 1 unspecified atom stereocenters. The number of nitrogens with two attached hydrogens (primary N) is 1. The number of rotatable bonds is 12. The minimum absolute atomic E-state index is 0.209. The highest BCUT2D eigenvalue weighted by Crippen LogP contribution is 2.24. The van der Waals surface area contributed by atoms with Crippen LogP contribution in [0.3, 0.4) is 0 Å². The van der Waals surface area contributed by atoms with Gasteiger partial charge in [0.1, 0.15) is 17.5 Å². The summed E-state index contributed by atoms with van der Waals surface area (Å²) in [6.07, 6.45) is 0.829. The Morgan fingerprint density at radius 3 is 2.27 bits per heavy atom. The van der Waals surface area contributed by atoms with Gasteiger partial charge in [-0.2, -0.15) is 0 Å². The Labute approximate surface area is 240 Å². The Bertz CT molecular complexity index is 1300. The zero-order valence-electron chi connectivity index (χ0n) is 23.5. The number of hydrogen-bond acceptors (Lipinski definition) is 7. The normalized spacial score (nSPS) is 16.0. The van der Waals surface area contributed by atoms with Gasteiger partial charge < -0.3 is 30.2 Å². The topological polar surface area (TPSA) is 120 Å². The number of esters is 1. The Hall–Kier alpha value is -4.37. The maximum atomic E-state index is 13.1. The molecule has 2 amide bonds. The van der Waals surface area contributed by atoms with Gasteiger partial charge in [0.2, 0.25) is 17.9 Å². The zero-order valence-corrected chi connectivity index (χ0v) is 23.5. The number of hydrogen-bond donors (Lipinski definition) is 2. The molecule has 0 aromatic heterocycles. The molecular formula is C32H37N3O6. The molecule has 3 N–H and O–H groups in total. The molecule has 1 fully saturated rings. The van der Waals surface area contributed by atoms with Crippen LogP contribution in [0.4, 0.5) is 0 Å². The smallest absolute Gasteiger partial charge is 0.352 e. The molecule has 3 aromatic rings. The van der Waals surface area contributed by atoms with E-state index in [0.717, 1.165) is 23.3 Å². The monoisotopic (exact) mass is 559 g/mol. The number of carbonyl (C=O) groups is 3. The third-order valence-electron chi connectivity index (χ3n) is 7.02. The molecule has 3 atom stereocenters. The largest absolute Gasteiger partial charge is 0.497 e. The van der Waals surface area contributed by atoms with Crippen LogP contribution in [0.1, 0.15) is 42.6 Å². The minimum Gasteiger partial charge on any atom is -0.497 e. The second-order valence-corrected chi connectivity index (χ2v) is 9.87. The fourth-order valence-electron chi connectivity index (χ4n) is 4.85. The van der Waals surface area contributed by atoms with Crippen molar-refractivity contribution in [3.63, 3.8) is 0 Å². The number of likely N-dealkylation sites (tertiary alicyclic amines) is 1. The molecule has 3 aromatic carbocycles. The van der Waals surface area contributed by atoms with Gasteiger partial charge in [-0.25, -0.2) is 4.79 Å². The third kappa shape index (κ3) is 7.85. The first-order valence-corrected chi connectivity index (χ1v) is 13.8. The molecule has 9 nitrogen and oxygen atoms in total. The van der Waals surface area contributed by atoms with E-state index >= 15 is 0 Å². The first-order chi connectivity index (χ1) is 19.9. The molecule has 0 saturated carbocycles. The predicted octanol–water partition coefficient (Wildman–Crippen LogP) is 3.56. The highest BCUT2D eigenvalue weighted by atomic mass is 16.6. The quantitative estimate of drug-likeness (QED) is 0.326. The summed E-state index contributed by atoms with van der Waals surface area (Å²) in [6, 6.07) is 22.5. The Morgan fingerprint density at radius 2 is 1.61 bits per heavy atom. The van der Waals surface area contributed by atoms with Crippen molar-refractivity contribution in [1.29, 1.82) is 0 Å². The Balaban J connectivity index is 1.31. The van der Waals surface area contributed by atoms with E-state index in [-0.39, 0.29) is 25.0 Å². The van der Waals surface area contributed by atoms with E-state index in [0.29, 0.717) is 30.7 Å². The summed E-state index contributed by atoms with van der Waals surface area (Å²) in [5, 5.41) is 2.95. The lowest BCUT2D eigenvalue weighted by Crippen LogP contribution is -2.51. The summed E-state index contributed by atoms with van der Waals surface area (Å²) in [7, 11) is 1.60. The fourth-order valence-corrected chi connectivity index (χ4v) is 4.85. The molecule has 1 aliphatic heterocycles. The summed E-state index contributed by atoms with van der Waals surface area (Å²) in [5.41, 5.74) is 8.73. The number of ether oxygens (including phenoxy) is 3. The molecule has 0 bridgehead atoms. The van der Waals surface area contributed by atoms with Gasteiger partial charge >= 0.3 is 5.97 Å². The number of nitrogens with zero attached hydrogens (tertiary/aromatic N) is 1. The van der Waals surface area contributed by atoms with E-state index < -0.39 is 24.2 Å². The first-order valence-electron chi connectivity index (χ1n) is 13.8. The van der Waals surface area contributed by atoms with Gasteiger partial charge in [0.25, 0.3) is 0 Å². The van der Waals surface area contributed by atoms with Crippen LogP contribution in [-0.4, -0.2) is 55.0 Å². The molecule has 0 radical (unpaired) electrons. The van der Waals surface area contributed by atoms with Crippen LogP contribution in [0.25, 0.3) is 0 Å². The summed E-state index contributed by atoms with van der Waals surface area (Å²) in [4.78, 5) is 40.3.